The summed E-state index contributed by atoms with van der Waals surface area (Å²) in [5.41, 5.74) is 12.4. The average Bonchev–Trinajstić information content (AvgIpc) is 3.45. The summed E-state index contributed by atoms with van der Waals surface area (Å²) in [6.45, 7) is 0. The lowest BCUT2D eigenvalue weighted by Gasteiger charge is -2.40. The van der Waals surface area contributed by atoms with Crippen molar-refractivity contribution in [1.82, 2.24) is 9.97 Å². The molecule has 1 aliphatic carbocycles. The van der Waals surface area contributed by atoms with Gasteiger partial charge in [-0.2, -0.15) is 0 Å². The highest BCUT2D eigenvalue weighted by atomic mass is 32.2. The number of fused-ring (bicyclic) bond motifs is 10. The molecule has 0 unspecified atom stereocenters. The lowest BCUT2D eigenvalue weighted by molar-refractivity contribution is 0.724. The molecule has 0 atom stereocenters. The van der Waals surface area contributed by atoms with Crippen molar-refractivity contribution in [3.8, 4) is 45.0 Å². The fourth-order valence-electron chi connectivity index (χ4n) is 7.82. The molecule has 0 fully saturated rings. The van der Waals surface area contributed by atoms with Crippen LogP contribution in [0.25, 0.3) is 55.8 Å². The molecule has 0 amide bonds. The molecule has 1 aromatic heterocycles. The summed E-state index contributed by atoms with van der Waals surface area (Å²) < 4.78 is 0. The van der Waals surface area contributed by atoms with E-state index in [4.69, 9.17) is 9.97 Å². The van der Waals surface area contributed by atoms with Crippen LogP contribution in [0, 0.1) is 0 Å². The van der Waals surface area contributed by atoms with Crippen molar-refractivity contribution in [3.63, 3.8) is 0 Å². The van der Waals surface area contributed by atoms with Crippen LogP contribution in [-0.4, -0.2) is 9.97 Å². The number of hydrogen-bond donors (Lipinski definition) is 0. The molecule has 0 N–H and O–H groups in total. The van der Waals surface area contributed by atoms with Gasteiger partial charge in [0.2, 0.25) is 0 Å². The molecule has 2 aliphatic rings. The Balaban J connectivity index is 1.27. The first-order valence-electron chi connectivity index (χ1n) is 16.3. The normalized spacial score (nSPS) is 13.5. The van der Waals surface area contributed by atoms with E-state index in [1.54, 1.807) is 0 Å². The predicted molar refractivity (Wildman–Crippen MR) is 197 cm³/mol. The number of benzene rings is 7. The third kappa shape index (κ3) is 4.01. The van der Waals surface area contributed by atoms with Gasteiger partial charge < -0.3 is 0 Å². The maximum atomic E-state index is 5.22. The standard InChI is InChI=1S/C45H28N2S/c1-3-13-29(14-4-1)40-28-41(47-44(46-40)30-15-5-2-6-16-30)33-23-24-42-38(26-33)45(39-25-31-17-7-8-18-32(31)27-43(39)48-42)36-21-11-9-19-34(36)35-20-10-12-22-37(35)45/h1-28H. The lowest BCUT2D eigenvalue weighted by Crippen LogP contribution is -2.32. The van der Waals surface area contributed by atoms with Gasteiger partial charge in [0.25, 0.3) is 0 Å². The summed E-state index contributed by atoms with van der Waals surface area (Å²) in [5, 5.41) is 2.52. The van der Waals surface area contributed by atoms with Crippen LogP contribution in [0.2, 0.25) is 0 Å². The van der Waals surface area contributed by atoms with Crippen molar-refractivity contribution in [3.05, 3.63) is 192 Å². The van der Waals surface area contributed by atoms with Gasteiger partial charge in [-0.05, 0) is 74.5 Å². The van der Waals surface area contributed by atoms with E-state index in [2.05, 4.69) is 146 Å². The average molecular weight is 629 g/mol. The Labute approximate surface area is 283 Å². The quantitative estimate of drug-likeness (QED) is 0.195. The first-order valence-corrected chi connectivity index (χ1v) is 17.1. The van der Waals surface area contributed by atoms with E-state index in [1.165, 1.54) is 53.9 Å². The minimum atomic E-state index is -0.472. The van der Waals surface area contributed by atoms with Crippen LogP contribution in [0.15, 0.2) is 180 Å². The van der Waals surface area contributed by atoms with E-state index in [0.29, 0.717) is 0 Å². The van der Waals surface area contributed by atoms with Gasteiger partial charge in [-0.3, -0.25) is 0 Å². The summed E-state index contributed by atoms with van der Waals surface area (Å²) in [5.74, 6) is 0.724. The van der Waals surface area contributed by atoms with Gasteiger partial charge >= 0.3 is 0 Å². The highest BCUT2D eigenvalue weighted by Crippen LogP contribution is 2.62. The number of hydrogen-bond acceptors (Lipinski definition) is 3. The van der Waals surface area contributed by atoms with Crippen LogP contribution in [0.4, 0.5) is 0 Å². The summed E-state index contributed by atoms with van der Waals surface area (Å²) in [7, 11) is 0. The van der Waals surface area contributed by atoms with E-state index < -0.39 is 5.41 Å². The highest BCUT2D eigenvalue weighted by Gasteiger charge is 2.50. The zero-order valence-corrected chi connectivity index (χ0v) is 26.8. The Morgan fingerprint density at radius 3 is 1.60 bits per heavy atom. The van der Waals surface area contributed by atoms with Crippen LogP contribution >= 0.6 is 11.8 Å². The molecule has 48 heavy (non-hydrogen) atoms. The smallest absolute Gasteiger partial charge is 0.160 e. The number of aromatic nitrogens is 2. The van der Waals surface area contributed by atoms with Crippen molar-refractivity contribution in [2.45, 2.75) is 15.2 Å². The molecule has 2 heterocycles. The third-order valence-electron chi connectivity index (χ3n) is 9.93. The van der Waals surface area contributed by atoms with Crippen molar-refractivity contribution in [1.29, 1.82) is 0 Å². The van der Waals surface area contributed by atoms with Crippen LogP contribution in [0.5, 0.6) is 0 Å². The molecule has 8 aromatic rings. The van der Waals surface area contributed by atoms with Crippen LogP contribution < -0.4 is 0 Å². The molecular formula is C45H28N2S. The van der Waals surface area contributed by atoms with E-state index >= 15 is 0 Å². The van der Waals surface area contributed by atoms with Crippen molar-refractivity contribution >= 4 is 22.5 Å². The van der Waals surface area contributed by atoms with Crippen LogP contribution in [0.3, 0.4) is 0 Å². The maximum Gasteiger partial charge on any atom is 0.160 e. The van der Waals surface area contributed by atoms with E-state index in [1.807, 2.05) is 36.0 Å². The van der Waals surface area contributed by atoms with E-state index in [9.17, 15) is 0 Å². The van der Waals surface area contributed by atoms with Gasteiger partial charge in [0, 0.05) is 26.5 Å². The Morgan fingerprint density at radius 1 is 0.375 bits per heavy atom. The fourth-order valence-corrected chi connectivity index (χ4v) is 9.02. The Morgan fingerprint density at radius 2 is 0.917 bits per heavy atom. The van der Waals surface area contributed by atoms with Gasteiger partial charge in [0.1, 0.15) is 0 Å². The van der Waals surface area contributed by atoms with Crippen LogP contribution in [-0.2, 0) is 5.41 Å². The van der Waals surface area contributed by atoms with Crippen LogP contribution in [0.1, 0.15) is 22.3 Å². The van der Waals surface area contributed by atoms with E-state index in [-0.39, 0.29) is 0 Å². The molecule has 3 heteroatoms. The topological polar surface area (TPSA) is 25.8 Å². The zero-order valence-electron chi connectivity index (χ0n) is 26.0. The molecule has 10 rings (SSSR count). The minimum absolute atomic E-state index is 0.472. The number of rotatable bonds is 3. The zero-order chi connectivity index (χ0) is 31.7. The fraction of sp³-hybridized carbons (Fsp3) is 0.0222. The summed E-state index contributed by atoms with van der Waals surface area (Å²) in [4.78, 5) is 12.9. The lowest BCUT2D eigenvalue weighted by atomic mass is 9.66. The molecular weight excluding hydrogens is 601 g/mol. The summed E-state index contributed by atoms with van der Waals surface area (Å²) >= 11 is 1.88. The first kappa shape index (κ1) is 27.4. The SMILES string of the molecule is c1ccc(-c2cc(-c3ccc4c(c3)C3(c5cc6ccccc6cc5S4)c4ccccc4-c4ccccc43)nc(-c3ccccc3)n2)cc1. The molecule has 0 bridgehead atoms. The predicted octanol–water partition coefficient (Wildman–Crippen LogP) is 11.5. The second kappa shape index (κ2) is 10.6. The molecule has 0 saturated carbocycles. The maximum absolute atomic E-state index is 5.22. The van der Waals surface area contributed by atoms with Crippen molar-refractivity contribution in [2.75, 3.05) is 0 Å². The molecule has 224 valence electrons. The summed E-state index contributed by atoms with van der Waals surface area (Å²) in [6, 6.07) is 61.4. The second-order valence-corrected chi connectivity index (χ2v) is 13.6. The van der Waals surface area contributed by atoms with Crippen molar-refractivity contribution in [2.24, 2.45) is 0 Å². The molecule has 2 nitrogen and oxygen atoms in total. The van der Waals surface area contributed by atoms with Crippen molar-refractivity contribution < 1.29 is 0 Å². The number of nitrogens with zero attached hydrogens (tertiary/aromatic N) is 2. The monoisotopic (exact) mass is 628 g/mol. The van der Waals surface area contributed by atoms with Gasteiger partial charge in [0.05, 0.1) is 16.8 Å². The molecule has 0 saturated heterocycles. The third-order valence-corrected chi connectivity index (χ3v) is 11.1. The molecule has 7 aromatic carbocycles. The van der Waals surface area contributed by atoms with Gasteiger partial charge in [-0.25, -0.2) is 9.97 Å². The molecule has 1 aliphatic heterocycles. The van der Waals surface area contributed by atoms with Gasteiger partial charge in [-0.15, -0.1) is 0 Å². The van der Waals surface area contributed by atoms with Gasteiger partial charge in [-0.1, -0.05) is 151 Å². The summed E-state index contributed by atoms with van der Waals surface area (Å²) in [6.07, 6.45) is 0. The molecule has 0 radical (unpaired) electrons. The second-order valence-electron chi connectivity index (χ2n) is 12.5. The first-order chi connectivity index (χ1) is 23.8. The largest absolute Gasteiger partial charge is 0.228 e. The molecule has 1 spiro atoms. The highest BCUT2D eigenvalue weighted by molar-refractivity contribution is 7.99. The van der Waals surface area contributed by atoms with Gasteiger partial charge in [0.15, 0.2) is 5.82 Å². The van der Waals surface area contributed by atoms with E-state index in [0.717, 1.165) is 33.9 Å². The minimum Gasteiger partial charge on any atom is -0.228 e. The Hall–Kier alpha value is -5.77. The Bertz CT molecular complexity index is 2440. The Kier molecular flexibility index (Phi) is 6.06.